The van der Waals surface area contributed by atoms with Crippen LogP contribution in [0.4, 0.5) is 10.2 Å². The summed E-state index contributed by atoms with van der Waals surface area (Å²) in [4.78, 5) is 7.85. The predicted octanol–water partition coefficient (Wildman–Crippen LogP) is 3.37. The summed E-state index contributed by atoms with van der Waals surface area (Å²) in [7, 11) is 0. The monoisotopic (exact) mass is 333 g/mol. The molecular weight excluding hydrogens is 317 g/mol. The molecule has 0 saturated carbocycles. The molecule has 1 aromatic carbocycles. The second-order valence-electron chi connectivity index (χ2n) is 5.34. The molecule has 0 unspecified atom stereocenters. The van der Waals surface area contributed by atoms with E-state index in [9.17, 15) is 4.39 Å². The zero-order chi connectivity index (χ0) is 17.5. The molecule has 2 aromatic heterocycles. The maximum Gasteiger partial charge on any atom is 0.213 e. The van der Waals surface area contributed by atoms with Crippen LogP contribution in [0.5, 0.6) is 5.88 Å². The molecule has 0 aliphatic rings. The van der Waals surface area contributed by atoms with Gasteiger partial charge in [0.05, 0.1) is 0 Å². The molecule has 2 heterocycles. The van der Waals surface area contributed by atoms with Crippen molar-refractivity contribution in [2.75, 3.05) is 5.73 Å². The van der Waals surface area contributed by atoms with Gasteiger partial charge in [-0.3, -0.25) is 0 Å². The minimum Gasteiger partial charge on any atom is -0.473 e. The van der Waals surface area contributed by atoms with Crippen LogP contribution in [0.2, 0.25) is 0 Å². The third kappa shape index (κ3) is 4.79. The molecule has 3 aromatic rings. The molecule has 0 bridgehead atoms. The van der Waals surface area contributed by atoms with Crippen LogP contribution in [-0.4, -0.2) is 9.97 Å². The minimum absolute atomic E-state index is 0.117. The van der Waals surface area contributed by atoms with Gasteiger partial charge in [0.15, 0.2) is 11.6 Å². The molecule has 4 nitrogen and oxygen atoms in total. The number of hydrogen-bond acceptors (Lipinski definition) is 4. The van der Waals surface area contributed by atoms with Crippen molar-refractivity contribution in [1.29, 1.82) is 0 Å². The average Bonchev–Trinajstić information content (AvgIpc) is 2.65. The largest absolute Gasteiger partial charge is 0.473 e. The Morgan fingerprint density at radius 2 is 1.84 bits per heavy atom. The summed E-state index contributed by atoms with van der Waals surface area (Å²) in [6, 6.07) is 14.8. The number of nitrogen functional groups attached to an aromatic ring is 1. The van der Waals surface area contributed by atoms with Crippen molar-refractivity contribution in [2.45, 2.75) is 13.0 Å². The number of anilines is 1. The Hall–Kier alpha value is -3.39. The lowest BCUT2D eigenvalue weighted by molar-refractivity contribution is 0.294. The molecule has 0 fully saturated rings. The topological polar surface area (TPSA) is 61.0 Å². The zero-order valence-corrected chi connectivity index (χ0v) is 13.4. The summed E-state index contributed by atoms with van der Waals surface area (Å²) in [6.07, 6.45) is 3.72. The van der Waals surface area contributed by atoms with E-state index in [1.807, 2.05) is 42.5 Å². The Morgan fingerprint density at radius 1 is 1.04 bits per heavy atom. The van der Waals surface area contributed by atoms with Gasteiger partial charge in [-0.25, -0.2) is 14.4 Å². The molecule has 0 atom stereocenters. The minimum atomic E-state index is -0.552. The molecule has 0 saturated heterocycles. The molecule has 0 aliphatic carbocycles. The Labute approximate surface area is 145 Å². The van der Waals surface area contributed by atoms with E-state index in [4.69, 9.17) is 10.5 Å². The highest BCUT2D eigenvalue weighted by Crippen LogP contribution is 2.10. The Morgan fingerprint density at radius 3 is 2.56 bits per heavy atom. The number of ether oxygens (including phenoxy) is 1. The molecule has 3 rings (SSSR count). The summed E-state index contributed by atoms with van der Waals surface area (Å²) in [6.45, 7) is 0.458. The number of nitrogens with two attached hydrogens (primary N) is 1. The highest BCUT2D eigenvalue weighted by atomic mass is 19.1. The van der Waals surface area contributed by atoms with Gasteiger partial charge < -0.3 is 10.5 Å². The second-order valence-corrected chi connectivity index (χ2v) is 5.34. The summed E-state index contributed by atoms with van der Waals surface area (Å²) in [5, 5.41) is 0. The van der Waals surface area contributed by atoms with Crippen molar-refractivity contribution in [1.82, 2.24) is 9.97 Å². The van der Waals surface area contributed by atoms with Crippen LogP contribution in [0, 0.1) is 17.7 Å². The normalized spacial score (nSPS) is 9.96. The van der Waals surface area contributed by atoms with Crippen molar-refractivity contribution < 1.29 is 9.13 Å². The lowest BCUT2D eigenvalue weighted by Gasteiger charge is -2.05. The summed E-state index contributed by atoms with van der Waals surface area (Å²) in [5.41, 5.74) is 7.96. The van der Waals surface area contributed by atoms with Gasteiger partial charge in [-0.2, -0.15) is 0 Å². The van der Waals surface area contributed by atoms with Crippen LogP contribution in [0.1, 0.15) is 16.7 Å². The number of pyridine rings is 2. The summed E-state index contributed by atoms with van der Waals surface area (Å²) < 4.78 is 18.9. The first-order valence-corrected chi connectivity index (χ1v) is 7.72. The van der Waals surface area contributed by atoms with E-state index in [1.165, 1.54) is 12.3 Å². The smallest absolute Gasteiger partial charge is 0.213 e. The number of nitrogens with zero attached hydrogens (tertiary/aromatic N) is 2. The van der Waals surface area contributed by atoms with Crippen LogP contribution >= 0.6 is 0 Å². The summed E-state index contributed by atoms with van der Waals surface area (Å²) in [5.74, 6) is 5.82. The highest BCUT2D eigenvalue weighted by Gasteiger charge is 1.99. The zero-order valence-electron chi connectivity index (χ0n) is 13.4. The maximum atomic E-state index is 13.3. The van der Waals surface area contributed by atoms with E-state index >= 15 is 0 Å². The molecule has 25 heavy (non-hydrogen) atoms. The standard InChI is InChI=1S/C20H16FN3O/c21-18-12-17(13-24-20(18)22)5-3-4-15-7-9-16(10-8-15)14-25-19-6-1-2-11-23-19/h1-2,6-13H,4,14H2,(H2,22,24). The maximum absolute atomic E-state index is 13.3. The van der Waals surface area contributed by atoms with Crippen LogP contribution in [-0.2, 0) is 13.0 Å². The van der Waals surface area contributed by atoms with Crippen LogP contribution in [0.3, 0.4) is 0 Å². The highest BCUT2D eigenvalue weighted by molar-refractivity contribution is 5.40. The van der Waals surface area contributed by atoms with E-state index in [0.717, 1.165) is 11.1 Å². The first-order chi connectivity index (χ1) is 12.2. The average molecular weight is 333 g/mol. The number of halogens is 1. The Balaban J connectivity index is 1.56. The molecular formula is C20H16FN3O. The van der Waals surface area contributed by atoms with Gasteiger partial charge in [0.2, 0.25) is 5.88 Å². The molecule has 0 radical (unpaired) electrons. The molecule has 124 valence electrons. The first-order valence-electron chi connectivity index (χ1n) is 7.72. The van der Waals surface area contributed by atoms with Gasteiger partial charge in [0, 0.05) is 30.4 Å². The van der Waals surface area contributed by atoms with Gasteiger partial charge in [-0.05, 0) is 23.3 Å². The van der Waals surface area contributed by atoms with E-state index < -0.39 is 5.82 Å². The number of aromatic nitrogens is 2. The van der Waals surface area contributed by atoms with E-state index in [2.05, 4.69) is 21.8 Å². The number of benzene rings is 1. The first kappa shape index (κ1) is 16.5. The fraction of sp³-hybridized carbons (Fsp3) is 0.100. The Kier molecular flexibility index (Phi) is 5.22. The number of rotatable bonds is 4. The van der Waals surface area contributed by atoms with Crippen LogP contribution in [0.15, 0.2) is 60.9 Å². The van der Waals surface area contributed by atoms with Gasteiger partial charge in [0.25, 0.3) is 0 Å². The lowest BCUT2D eigenvalue weighted by Crippen LogP contribution is -1.97. The van der Waals surface area contributed by atoms with Gasteiger partial charge in [-0.1, -0.05) is 42.2 Å². The van der Waals surface area contributed by atoms with Crippen molar-refractivity contribution in [3.05, 3.63) is 83.4 Å². The van der Waals surface area contributed by atoms with Crippen LogP contribution < -0.4 is 10.5 Å². The van der Waals surface area contributed by atoms with Gasteiger partial charge in [0.1, 0.15) is 6.61 Å². The Bertz CT molecular complexity index is 900. The predicted molar refractivity (Wildman–Crippen MR) is 94.2 cm³/mol. The fourth-order valence-corrected chi connectivity index (χ4v) is 2.11. The van der Waals surface area contributed by atoms with E-state index in [0.29, 0.717) is 24.5 Å². The second kappa shape index (κ2) is 7.93. The third-order valence-electron chi connectivity index (χ3n) is 3.44. The molecule has 0 aliphatic heterocycles. The van der Waals surface area contributed by atoms with E-state index in [1.54, 1.807) is 6.20 Å². The molecule has 2 N–H and O–H groups in total. The van der Waals surface area contributed by atoms with Gasteiger partial charge in [-0.15, -0.1) is 0 Å². The van der Waals surface area contributed by atoms with Crippen molar-refractivity contribution in [3.8, 4) is 17.7 Å². The lowest BCUT2D eigenvalue weighted by atomic mass is 10.1. The molecule has 5 heteroatoms. The van der Waals surface area contributed by atoms with Gasteiger partial charge >= 0.3 is 0 Å². The number of hydrogen-bond donors (Lipinski definition) is 1. The summed E-state index contributed by atoms with van der Waals surface area (Å²) >= 11 is 0. The van der Waals surface area contributed by atoms with Crippen molar-refractivity contribution in [3.63, 3.8) is 0 Å². The van der Waals surface area contributed by atoms with E-state index in [-0.39, 0.29) is 5.82 Å². The quantitative estimate of drug-likeness (QED) is 0.744. The van der Waals surface area contributed by atoms with Crippen molar-refractivity contribution >= 4 is 5.82 Å². The SMILES string of the molecule is Nc1ncc(C#CCc2ccc(COc3ccccn3)cc2)cc1F. The van der Waals surface area contributed by atoms with Crippen molar-refractivity contribution in [2.24, 2.45) is 0 Å². The fourth-order valence-electron chi connectivity index (χ4n) is 2.11. The third-order valence-corrected chi connectivity index (χ3v) is 3.44. The molecule has 0 spiro atoms. The molecule has 0 amide bonds. The van der Waals surface area contributed by atoms with Crippen LogP contribution in [0.25, 0.3) is 0 Å².